The third-order valence-corrected chi connectivity index (χ3v) is 2.94. The van der Waals surface area contributed by atoms with Crippen LogP contribution in [0.5, 0.6) is 5.75 Å². The zero-order valence-electron chi connectivity index (χ0n) is 9.84. The molecular weight excluding hydrogens is 305 g/mol. The molecule has 0 unspecified atom stereocenters. The van der Waals surface area contributed by atoms with Crippen LogP contribution in [0.25, 0.3) is 0 Å². The summed E-state index contributed by atoms with van der Waals surface area (Å²) in [5.74, 6) is 0.720. The van der Waals surface area contributed by atoms with Crippen LogP contribution in [0, 0.1) is 0 Å². The summed E-state index contributed by atoms with van der Waals surface area (Å²) in [4.78, 5) is 0. The minimum absolute atomic E-state index is 0.639. The fourth-order valence-electron chi connectivity index (χ4n) is 1.27. The van der Waals surface area contributed by atoms with Gasteiger partial charge in [0, 0.05) is 18.1 Å². The van der Waals surface area contributed by atoms with E-state index in [1.165, 1.54) is 0 Å². The van der Waals surface area contributed by atoms with E-state index in [2.05, 4.69) is 21.2 Å². The van der Waals surface area contributed by atoms with Crippen LogP contribution >= 0.6 is 27.5 Å². The summed E-state index contributed by atoms with van der Waals surface area (Å²) in [5, 5.41) is 3.89. The number of rotatable bonds is 8. The molecule has 1 rings (SSSR count). The van der Waals surface area contributed by atoms with Crippen LogP contribution in [-0.4, -0.2) is 33.4 Å². The summed E-state index contributed by atoms with van der Waals surface area (Å²) >= 11 is 9.38. The quantitative estimate of drug-likeness (QED) is 0.746. The Balaban J connectivity index is 2.15. The van der Waals surface area contributed by atoms with E-state index in [4.69, 9.17) is 21.1 Å². The van der Waals surface area contributed by atoms with Crippen molar-refractivity contribution in [1.82, 2.24) is 5.32 Å². The number of methoxy groups -OCH3 is 1. The van der Waals surface area contributed by atoms with Gasteiger partial charge in [0.2, 0.25) is 0 Å². The van der Waals surface area contributed by atoms with Crippen LogP contribution in [0.3, 0.4) is 0 Å². The summed E-state index contributed by atoms with van der Waals surface area (Å²) in [7, 11) is 1.69. The zero-order chi connectivity index (χ0) is 12.5. The molecule has 0 radical (unpaired) electrons. The van der Waals surface area contributed by atoms with Gasteiger partial charge in [-0.15, -0.1) is 0 Å². The molecule has 17 heavy (non-hydrogen) atoms. The van der Waals surface area contributed by atoms with Crippen molar-refractivity contribution in [2.75, 3.05) is 33.4 Å². The highest BCUT2D eigenvalue weighted by molar-refractivity contribution is 9.10. The van der Waals surface area contributed by atoms with E-state index >= 15 is 0 Å². The normalized spacial score (nSPS) is 10.5. The van der Waals surface area contributed by atoms with Gasteiger partial charge in [0.1, 0.15) is 5.75 Å². The van der Waals surface area contributed by atoms with Gasteiger partial charge in [0.05, 0.1) is 18.2 Å². The molecule has 0 saturated heterocycles. The molecule has 0 amide bonds. The Morgan fingerprint density at radius 2 is 2.12 bits per heavy atom. The molecule has 1 N–H and O–H groups in total. The summed E-state index contributed by atoms with van der Waals surface area (Å²) < 4.78 is 11.5. The maximum absolute atomic E-state index is 6.00. The van der Waals surface area contributed by atoms with Gasteiger partial charge < -0.3 is 14.8 Å². The van der Waals surface area contributed by atoms with E-state index in [1.807, 2.05) is 18.2 Å². The Morgan fingerprint density at radius 3 is 2.88 bits per heavy atom. The summed E-state index contributed by atoms with van der Waals surface area (Å²) in [5.41, 5.74) is 0. The number of hydrogen-bond acceptors (Lipinski definition) is 3. The first-order chi connectivity index (χ1) is 8.24. The van der Waals surface area contributed by atoms with Crippen LogP contribution in [0.4, 0.5) is 0 Å². The molecule has 0 aliphatic heterocycles. The largest absolute Gasteiger partial charge is 0.492 e. The van der Waals surface area contributed by atoms with Crippen LogP contribution in [0.15, 0.2) is 22.7 Å². The molecule has 0 aliphatic carbocycles. The van der Waals surface area contributed by atoms with Crippen molar-refractivity contribution < 1.29 is 9.47 Å². The minimum Gasteiger partial charge on any atom is -0.492 e. The van der Waals surface area contributed by atoms with E-state index in [-0.39, 0.29) is 0 Å². The van der Waals surface area contributed by atoms with Crippen LogP contribution in [-0.2, 0) is 4.74 Å². The molecule has 0 bridgehead atoms. The molecule has 0 fully saturated rings. The Bertz CT molecular complexity index is 336. The monoisotopic (exact) mass is 321 g/mol. The molecule has 0 saturated carbocycles. The molecule has 96 valence electrons. The van der Waals surface area contributed by atoms with Gasteiger partial charge >= 0.3 is 0 Å². The lowest BCUT2D eigenvalue weighted by molar-refractivity contribution is 0.198. The predicted molar refractivity (Wildman–Crippen MR) is 74.0 cm³/mol. The summed E-state index contributed by atoms with van der Waals surface area (Å²) in [6, 6.07) is 5.58. The van der Waals surface area contributed by atoms with Gasteiger partial charge in [-0.1, -0.05) is 27.5 Å². The molecule has 0 spiro atoms. The van der Waals surface area contributed by atoms with E-state index in [0.717, 1.165) is 36.3 Å². The third kappa shape index (κ3) is 6.27. The van der Waals surface area contributed by atoms with Gasteiger partial charge in [0.25, 0.3) is 0 Å². The summed E-state index contributed by atoms with van der Waals surface area (Å²) in [6.07, 6.45) is 0.937. The van der Waals surface area contributed by atoms with Gasteiger partial charge in [-0.3, -0.25) is 0 Å². The van der Waals surface area contributed by atoms with Crippen molar-refractivity contribution in [2.24, 2.45) is 0 Å². The zero-order valence-corrected chi connectivity index (χ0v) is 12.2. The maximum atomic E-state index is 6.00. The molecule has 3 nitrogen and oxygen atoms in total. The average Bonchev–Trinajstić information content (AvgIpc) is 2.32. The fourth-order valence-corrected chi connectivity index (χ4v) is 1.78. The lowest BCUT2D eigenvalue weighted by Crippen LogP contribution is -2.21. The average molecular weight is 323 g/mol. The van der Waals surface area contributed by atoms with Crippen molar-refractivity contribution in [3.63, 3.8) is 0 Å². The highest BCUT2D eigenvalue weighted by Crippen LogP contribution is 2.27. The van der Waals surface area contributed by atoms with Gasteiger partial charge in [-0.2, -0.15) is 0 Å². The molecule has 0 heterocycles. The first kappa shape index (κ1) is 14.8. The van der Waals surface area contributed by atoms with E-state index in [0.29, 0.717) is 11.6 Å². The van der Waals surface area contributed by atoms with E-state index in [9.17, 15) is 0 Å². The Labute approximate surface area is 116 Å². The summed E-state index contributed by atoms with van der Waals surface area (Å²) in [6.45, 7) is 3.16. The molecule has 1 aromatic carbocycles. The second kappa shape index (κ2) is 8.75. The first-order valence-corrected chi connectivity index (χ1v) is 6.68. The van der Waals surface area contributed by atoms with Gasteiger partial charge in [-0.05, 0) is 31.2 Å². The highest BCUT2D eigenvalue weighted by Gasteiger charge is 2.01. The van der Waals surface area contributed by atoms with Crippen molar-refractivity contribution >= 4 is 27.5 Å². The lowest BCUT2D eigenvalue weighted by Gasteiger charge is -2.08. The van der Waals surface area contributed by atoms with Crippen molar-refractivity contribution in [2.45, 2.75) is 6.42 Å². The van der Waals surface area contributed by atoms with Crippen LogP contribution < -0.4 is 10.1 Å². The van der Waals surface area contributed by atoms with Crippen molar-refractivity contribution in [1.29, 1.82) is 0 Å². The Kier molecular flexibility index (Phi) is 7.60. The molecular formula is C12H17BrClNO2. The van der Waals surface area contributed by atoms with Crippen LogP contribution in [0.1, 0.15) is 6.42 Å². The van der Waals surface area contributed by atoms with E-state index in [1.54, 1.807) is 7.11 Å². The van der Waals surface area contributed by atoms with Gasteiger partial charge in [-0.25, -0.2) is 0 Å². The second-order valence-electron chi connectivity index (χ2n) is 3.52. The van der Waals surface area contributed by atoms with Crippen molar-refractivity contribution in [3.05, 3.63) is 27.7 Å². The molecule has 0 aromatic heterocycles. The fraction of sp³-hybridized carbons (Fsp3) is 0.500. The standard InChI is InChI=1S/C12H17BrClNO2/c1-16-8-6-15-5-2-7-17-12-9-10(13)3-4-11(12)14/h3-4,9,15H,2,5-8H2,1H3. The predicted octanol–water partition coefficient (Wildman–Crippen LogP) is 3.11. The Hall–Kier alpha value is -0.290. The topological polar surface area (TPSA) is 30.5 Å². The van der Waals surface area contributed by atoms with Gasteiger partial charge in [0.15, 0.2) is 0 Å². The molecule has 0 aliphatic rings. The maximum Gasteiger partial charge on any atom is 0.139 e. The number of hydrogen-bond donors (Lipinski definition) is 1. The number of ether oxygens (including phenoxy) is 2. The molecule has 1 aromatic rings. The molecule has 5 heteroatoms. The minimum atomic E-state index is 0.639. The number of halogens is 2. The third-order valence-electron chi connectivity index (χ3n) is 2.13. The molecule has 0 atom stereocenters. The number of nitrogens with one attached hydrogen (secondary N) is 1. The van der Waals surface area contributed by atoms with E-state index < -0.39 is 0 Å². The first-order valence-electron chi connectivity index (χ1n) is 5.51. The number of benzene rings is 1. The van der Waals surface area contributed by atoms with Crippen LogP contribution in [0.2, 0.25) is 5.02 Å². The van der Waals surface area contributed by atoms with Crippen molar-refractivity contribution in [3.8, 4) is 5.75 Å². The second-order valence-corrected chi connectivity index (χ2v) is 4.84. The Morgan fingerprint density at radius 1 is 1.29 bits per heavy atom. The lowest BCUT2D eigenvalue weighted by atomic mass is 10.3. The highest BCUT2D eigenvalue weighted by atomic mass is 79.9. The SMILES string of the molecule is COCCNCCCOc1cc(Br)ccc1Cl. The smallest absolute Gasteiger partial charge is 0.139 e.